The highest BCUT2D eigenvalue weighted by Gasteiger charge is 2.27. The summed E-state index contributed by atoms with van der Waals surface area (Å²) >= 11 is 16.5. The molecule has 0 heterocycles. The Hall–Kier alpha value is 0.0800. The fourth-order valence-corrected chi connectivity index (χ4v) is 4.39. The van der Waals surface area contributed by atoms with Crippen molar-refractivity contribution in [3.63, 3.8) is 0 Å². The standard InChI is InChI=1S/C16H21BrCl2O/c1-3-20-15-9-13(18)12(8-14(15)19)16(17)11-6-4-10(2)5-7-11/h8-11,16H,3-7H2,1-2H3. The maximum atomic E-state index is 6.41. The van der Waals surface area contributed by atoms with E-state index in [0.29, 0.717) is 23.3 Å². The fourth-order valence-electron chi connectivity index (χ4n) is 2.85. The number of alkyl halides is 1. The van der Waals surface area contributed by atoms with Crippen LogP contribution in [0.5, 0.6) is 5.75 Å². The van der Waals surface area contributed by atoms with Crippen molar-refractivity contribution < 1.29 is 4.74 Å². The lowest BCUT2D eigenvalue weighted by Gasteiger charge is -2.30. The van der Waals surface area contributed by atoms with Crippen LogP contribution in [0.4, 0.5) is 0 Å². The highest BCUT2D eigenvalue weighted by molar-refractivity contribution is 9.09. The number of rotatable bonds is 4. The number of benzene rings is 1. The minimum absolute atomic E-state index is 0.274. The number of ether oxygens (including phenoxy) is 1. The van der Waals surface area contributed by atoms with Gasteiger partial charge in [-0.05, 0) is 43.2 Å². The molecule has 2 rings (SSSR count). The van der Waals surface area contributed by atoms with E-state index in [9.17, 15) is 0 Å². The Bertz CT molecular complexity index is 456. The van der Waals surface area contributed by atoms with Crippen molar-refractivity contribution in [1.29, 1.82) is 0 Å². The quantitative estimate of drug-likeness (QED) is 0.531. The van der Waals surface area contributed by atoms with Gasteiger partial charge in [-0.2, -0.15) is 0 Å². The first kappa shape index (κ1) is 16.5. The van der Waals surface area contributed by atoms with Gasteiger partial charge in [0.2, 0.25) is 0 Å². The lowest BCUT2D eigenvalue weighted by atomic mass is 9.80. The molecular formula is C16H21BrCl2O. The van der Waals surface area contributed by atoms with Crippen LogP contribution in [0.25, 0.3) is 0 Å². The van der Waals surface area contributed by atoms with Crippen LogP contribution < -0.4 is 4.74 Å². The number of hydrogen-bond acceptors (Lipinski definition) is 1. The number of halogens is 3. The van der Waals surface area contributed by atoms with Gasteiger partial charge in [-0.1, -0.05) is 58.9 Å². The summed E-state index contributed by atoms with van der Waals surface area (Å²) in [5.41, 5.74) is 1.08. The fraction of sp³-hybridized carbons (Fsp3) is 0.625. The first-order chi connectivity index (χ1) is 9.52. The molecule has 1 atom stereocenters. The van der Waals surface area contributed by atoms with Crippen LogP contribution in [0.1, 0.15) is 49.9 Å². The lowest BCUT2D eigenvalue weighted by Crippen LogP contribution is -2.16. The predicted molar refractivity (Wildman–Crippen MR) is 90.4 cm³/mol. The van der Waals surface area contributed by atoms with Crippen molar-refractivity contribution in [3.05, 3.63) is 27.7 Å². The molecule has 1 aliphatic carbocycles. The SMILES string of the molecule is CCOc1cc(Cl)c(C(Br)C2CCC(C)CC2)cc1Cl. The highest BCUT2D eigenvalue weighted by atomic mass is 79.9. The molecular weight excluding hydrogens is 359 g/mol. The Labute approximate surface area is 140 Å². The molecule has 112 valence electrons. The molecule has 0 radical (unpaired) electrons. The molecule has 1 aromatic carbocycles. The summed E-state index contributed by atoms with van der Waals surface area (Å²) in [4.78, 5) is 0.274. The minimum atomic E-state index is 0.274. The summed E-state index contributed by atoms with van der Waals surface area (Å²) in [6.07, 6.45) is 5.10. The normalized spacial score (nSPS) is 24.4. The van der Waals surface area contributed by atoms with E-state index < -0.39 is 0 Å². The Kier molecular flexibility index (Phi) is 6.07. The first-order valence-corrected chi connectivity index (χ1v) is 8.95. The Balaban J connectivity index is 2.17. The molecule has 1 aliphatic rings. The minimum Gasteiger partial charge on any atom is -0.492 e. The van der Waals surface area contributed by atoms with Gasteiger partial charge in [0.05, 0.1) is 11.6 Å². The second-order valence-electron chi connectivity index (χ2n) is 5.66. The summed E-state index contributed by atoms with van der Waals surface area (Å²) < 4.78 is 5.48. The van der Waals surface area contributed by atoms with Gasteiger partial charge in [-0.15, -0.1) is 0 Å². The van der Waals surface area contributed by atoms with E-state index in [-0.39, 0.29) is 4.83 Å². The topological polar surface area (TPSA) is 9.23 Å². The second-order valence-corrected chi connectivity index (χ2v) is 7.46. The maximum Gasteiger partial charge on any atom is 0.139 e. The van der Waals surface area contributed by atoms with Gasteiger partial charge in [0.15, 0.2) is 0 Å². The first-order valence-electron chi connectivity index (χ1n) is 7.28. The van der Waals surface area contributed by atoms with Crippen molar-refractivity contribution in [2.75, 3.05) is 6.61 Å². The molecule has 0 N–H and O–H groups in total. The Morgan fingerprint density at radius 1 is 1.20 bits per heavy atom. The Morgan fingerprint density at radius 2 is 1.85 bits per heavy atom. The average Bonchev–Trinajstić information content (AvgIpc) is 2.43. The molecule has 1 unspecified atom stereocenters. The number of hydrogen-bond donors (Lipinski definition) is 0. The van der Waals surface area contributed by atoms with Crippen LogP contribution in [-0.2, 0) is 0 Å². The molecule has 0 amide bonds. The summed E-state index contributed by atoms with van der Waals surface area (Å²) in [5.74, 6) is 2.16. The van der Waals surface area contributed by atoms with Gasteiger partial charge in [0, 0.05) is 15.9 Å². The predicted octanol–water partition coefficient (Wildman–Crippen LogP) is 6.65. The van der Waals surface area contributed by atoms with Crippen LogP contribution in [0.3, 0.4) is 0 Å². The summed E-state index contributed by atoms with van der Waals surface area (Å²) in [5, 5.41) is 1.37. The van der Waals surface area contributed by atoms with Crippen LogP contribution >= 0.6 is 39.1 Å². The van der Waals surface area contributed by atoms with Crippen molar-refractivity contribution in [2.45, 2.75) is 44.4 Å². The van der Waals surface area contributed by atoms with E-state index in [0.717, 1.165) is 16.5 Å². The molecule has 1 nitrogen and oxygen atoms in total. The zero-order valence-corrected chi connectivity index (χ0v) is 15.1. The smallest absolute Gasteiger partial charge is 0.139 e. The molecule has 0 spiro atoms. The molecule has 0 aliphatic heterocycles. The largest absolute Gasteiger partial charge is 0.492 e. The van der Waals surface area contributed by atoms with Crippen molar-refractivity contribution in [2.24, 2.45) is 11.8 Å². The van der Waals surface area contributed by atoms with E-state index in [1.54, 1.807) is 0 Å². The van der Waals surface area contributed by atoms with Gasteiger partial charge in [0.25, 0.3) is 0 Å². The van der Waals surface area contributed by atoms with E-state index in [1.165, 1.54) is 25.7 Å². The van der Waals surface area contributed by atoms with E-state index in [1.807, 2.05) is 19.1 Å². The monoisotopic (exact) mass is 378 g/mol. The third-order valence-corrected chi connectivity index (χ3v) is 5.99. The van der Waals surface area contributed by atoms with Crippen LogP contribution in [0, 0.1) is 11.8 Å². The van der Waals surface area contributed by atoms with Gasteiger partial charge in [-0.3, -0.25) is 0 Å². The maximum absolute atomic E-state index is 6.41. The molecule has 1 aromatic rings. The molecule has 1 saturated carbocycles. The van der Waals surface area contributed by atoms with Crippen molar-refractivity contribution in [3.8, 4) is 5.75 Å². The molecule has 0 aromatic heterocycles. The van der Waals surface area contributed by atoms with Crippen LogP contribution in [-0.4, -0.2) is 6.61 Å². The van der Waals surface area contributed by atoms with E-state index in [2.05, 4.69) is 22.9 Å². The molecule has 20 heavy (non-hydrogen) atoms. The molecule has 4 heteroatoms. The van der Waals surface area contributed by atoms with Gasteiger partial charge < -0.3 is 4.74 Å². The van der Waals surface area contributed by atoms with Crippen LogP contribution in [0.15, 0.2) is 12.1 Å². The average molecular weight is 380 g/mol. The third-order valence-electron chi connectivity index (χ3n) is 4.12. The summed E-state index contributed by atoms with van der Waals surface area (Å²) in [6.45, 7) is 4.86. The van der Waals surface area contributed by atoms with E-state index >= 15 is 0 Å². The second kappa shape index (κ2) is 7.38. The highest BCUT2D eigenvalue weighted by Crippen LogP contribution is 2.45. The molecule has 0 saturated heterocycles. The van der Waals surface area contributed by atoms with Crippen molar-refractivity contribution in [1.82, 2.24) is 0 Å². The Morgan fingerprint density at radius 3 is 2.45 bits per heavy atom. The molecule has 0 bridgehead atoms. The molecule has 1 fully saturated rings. The summed E-state index contributed by atoms with van der Waals surface area (Å²) in [7, 11) is 0. The third kappa shape index (κ3) is 3.84. The zero-order chi connectivity index (χ0) is 14.7. The van der Waals surface area contributed by atoms with Gasteiger partial charge in [0.1, 0.15) is 5.75 Å². The van der Waals surface area contributed by atoms with Crippen LogP contribution in [0.2, 0.25) is 10.0 Å². The van der Waals surface area contributed by atoms with Gasteiger partial charge >= 0.3 is 0 Å². The summed E-state index contributed by atoms with van der Waals surface area (Å²) in [6, 6.07) is 3.79. The lowest BCUT2D eigenvalue weighted by molar-refractivity contribution is 0.287. The zero-order valence-electron chi connectivity index (χ0n) is 12.0. The van der Waals surface area contributed by atoms with Gasteiger partial charge in [-0.25, -0.2) is 0 Å². The van der Waals surface area contributed by atoms with Crippen molar-refractivity contribution >= 4 is 39.1 Å². The van der Waals surface area contributed by atoms with E-state index in [4.69, 9.17) is 27.9 Å².